The van der Waals surface area contributed by atoms with Crippen LogP contribution in [0, 0.1) is 5.92 Å². The molecular formula is C20H23N9O2. The summed E-state index contributed by atoms with van der Waals surface area (Å²) in [5.74, 6) is 2.34. The van der Waals surface area contributed by atoms with Crippen molar-refractivity contribution in [3.63, 3.8) is 0 Å². The van der Waals surface area contributed by atoms with E-state index in [4.69, 9.17) is 4.74 Å². The van der Waals surface area contributed by atoms with Crippen molar-refractivity contribution in [1.29, 1.82) is 0 Å². The van der Waals surface area contributed by atoms with E-state index >= 15 is 0 Å². The molecule has 2 aliphatic rings. The normalized spacial score (nSPS) is 16.8. The standard InChI is InChI=1S/C20H23N9O2/c30-20(23-9-15-1-2-17(22-8-15)27-3-5-31-6-4-27)16-10-28(11-16)18-7-19(25-13-24-18)29-14-21-12-26-29/h1-2,7-8,12-14,16H,3-6,9-11H2,(H,23,30). The van der Waals surface area contributed by atoms with Crippen LogP contribution in [0.25, 0.3) is 5.82 Å². The van der Waals surface area contributed by atoms with Crippen molar-refractivity contribution in [3.05, 3.63) is 48.9 Å². The highest BCUT2D eigenvalue weighted by atomic mass is 16.5. The van der Waals surface area contributed by atoms with Crippen molar-refractivity contribution in [2.24, 2.45) is 5.92 Å². The highest BCUT2D eigenvalue weighted by Crippen LogP contribution is 2.23. The molecule has 2 fully saturated rings. The third kappa shape index (κ3) is 4.31. The Balaban J connectivity index is 1.11. The van der Waals surface area contributed by atoms with Gasteiger partial charge in [0.25, 0.3) is 0 Å². The molecule has 0 unspecified atom stereocenters. The maximum absolute atomic E-state index is 12.5. The number of carbonyl (C=O) groups is 1. The first kappa shape index (κ1) is 19.4. The van der Waals surface area contributed by atoms with Gasteiger partial charge in [-0.2, -0.15) is 5.10 Å². The molecule has 160 valence electrons. The Morgan fingerprint density at radius 2 is 1.87 bits per heavy atom. The fourth-order valence-electron chi connectivity index (χ4n) is 3.63. The average molecular weight is 421 g/mol. The van der Waals surface area contributed by atoms with Gasteiger partial charge >= 0.3 is 0 Å². The third-order valence-corrected chi connectivity index (χ3v) is 5.48. The van der Waals surface area contributed by atoms with Crippen molar-refractivity contribution in [2.75, 3.05) is 49.2 Å². The van der Waals surface area contributed by atoms with Gasteiger partial charge in [-0.15, -0.1) is 0 Å². The van der Waals surface area contributed by atoms with Crippen LogP contribution in [0.5, 0.6) is 0 Å². The van der Waals surface area contributed by atoms with Gasteiger partial charge in [0.2, 0.25) is 5.91 Å². The van der Waals surface area contributed by atoms with E-state index in [-0.39, 0.29) is 11.8 Å². The molecule has 2 saturated heterocycles. The summed E-state index contributed by atoms with van der Waals surface area (Å²) >= 11 is 0. The zero-order chi connectivity index (χ0) is 21.0. The fourth-order valence-corrected chi connectivity index (χ4v) is 3.63. The number of amides is 1. The summed E-state index contributed by atoms with van der Waals surface area (Å²) in [7, 11) is 0. The predicted molar refractivity (Wildman–Crippen MR) is 112 cm³/mol. The highest BCUT2D eigenvalue weighted by molar-refractivity contribution is 5.81. The number of pyridine rings is 1. The van der Waals surface area contributed by atoms with Crippen molar-refractivity contribution < 1.29 is 9.53 Å². The number of nitrogens with zero attached hydrogens (tertiary/aromatic N) is 8. The Kier molecular flexibility index (Phi) is 5.40. The van der Waals surface area contributed by atoms with E-state index in [0.29, 0.717) is 25.5 Å². The summed E-state index contributed by atoms with van der Waals surface area (Å²) in [5.41, 5.74) is 0.981. The van der Waals surface area contributed by atoms with Gasteiger partial charge in [0, 0.05) is 45.0 Å². The first-order chi connectivity index (χ1) is 15.3. The number of morpholine rings is 1. The smallest absolute Gasteiger partial charge is 0.226 e. The number of hydrogen-bond donors (Lipinski definition) is 1. The van der Waals surface area contributed by atoms with E-state index in [1.807, 2.05) is 29.3 Å². The molecule has 2 aliphatic heterocycles. The van der Waals surface area contributed by atoms with E-state index in [0.717, 1.165) is 43.5 Å². The van der Waals surface area contributed by atoms with Crippen LogP contribution in [-0.4, -0.2) is 75.0 Å². The Labute approximate surface area is 179 Å². The van der Waals surface area contributed by atoms with Crippen molar-refractivity contribution in [1.82, 2.24) is 35.0 Å². The van der Waals surface area contributed by atoms with Crippen LogP contribution >= 0.6 is 0 Å². The molecule has 0 bridgehead atoms. The SMILES string of the molecule is O=C(NCc1ccc(N2CCOCC2)nc1)C1CN(c2cc(-n3cncn3)ncn2)C1. The average Bonchev–Trinajstić information content (AvgIpc) is 3.33. The third-order valence-electron chi connectivity index (χ3n) is 5.48. The maximum atomic E-state index is 12.5. The van der Waals surface area contributed by atoms with Crippen LogP contribution in [-0.2, 0) is 16.1 Å². The molecule has 1 N–H and O–H groups in total. The van der Waals surface area contributed by atoms with Gasteiger partial charge in [-0.3, -0.25) is 4.79 Å². The molecule has 3 aromatic heterocycles. The van der Waals surface area contributed by atoms with E-state index in [1.54, 1.807) is 11.0 Å². The van der Waals surface area contributed by atoms with Gasteiger partial charge in [-0.25, -0.2) is 24.6 Å². The zero-order valence-corrected chi connectivity index (χ0v) is 17.0. The molecule has 3 aromatic rings. The summed E-state index contributed by atoms with van der Waals surface area (Å²) in [6.45, 7) is 4.88. The lowest BCUT2D eigenvalue weighted by Crippen LogP contribution is -2.54. The molecule has 31 heavy (non-hydrogen) atoms. The number of anilines is 2. The van der Waals surface area contributed by atoms with Gasteiger partial charge < -0.3 is 19.9 Å². The molecule has 11 heteroatoms. The quantitative estimate of drug-likeness (QED) is 0.589. The van der Waals surface area contributed by atoms with E-state index in [2.05, 4.69) is 35.3 Å². The fraction of sp³-hybridized carbons (Fsp3) is 0.400. The van der Waals surface area contributed by atoms with Crippen molar-refractivity contribution >= 4 is 17.5 Å². The van der Waals surface area contributed by atoms with Crippen molar-refractivity contribution in [2.45, 2.75) is 6.54 Å². The molecule has 1 amide bonds. The number of aromatic nitrogens is 6. The maximum Gasteiger partial charge on any atom is 0.226 e. The second-order valence-electron chi connectivity index (χ2n) is 7.52. The Morgan fingerprint density at radius 1 is 1.03 bits per heavy atom. The number of rotatable bonds is 6. The van der Waals surface area contributed by atoms with Gasteiger partial charge in [0.05, 0.1) is 19.1 Å². The minimum absolute atomic E-state index is 0.0408. The summed E-state index contributed by atoms with van der Waals surface area (Å²) in [6.07, 6.45) is 6.36. The molecule has 0 radical (unpaired) electrons. The lowest BCUT2D eigenvalue weighted by atomic mass is 9.99. The van der Waals surface area contributed by atoms with E-state index in [9.17, 15) is 4.79 Å². The summed E-state index contributed by atoms with van der Waals surface area (Å²) in [4.78, 5) is 33.7. The lowest BCUT2D eigenvalue weighted by molar-refractivity contribution is -0.125. The molecule has 0 aromatic carbocycles. The Hall–Kier alpha value is -3.60. The second kappa shape index (κ2) is 8.64. The zero-order valence-electron chi connectivity index (χ0n) is 17.0. The molecule has 11 nitrogen and oxygen atoms in total. The molecule has 0 saturated carbocycles. The summed E-state index contributed by atoms with van der Waals surface area (Å²) in [6, 6.07) is 5.85. The first-order valence-electron chi connectivity index (χ1n) is 10.2. The number of carbonyl (C=O) groups excluding carboxylic acids is 1. The lowest BCUT2D eigenvalue weighted by Gasteiger charge is -2.39. The van der Waals surface area contributed by atoms with Crippen LogP contribution in [0.2, 0.25) is 0 Å². The van der Waals surface area contributed by atoms with E-state index in [1.165, 1.54) is 12.7 Å². The summed E-state index contributed by atoms with van der Waals surface area (Å²) in [5, 5.41) is 7.09. The first-order valence-corrected chi connectivity index (χ1v) is 10.2. The number of hydrogen-bond acceptors (Lipinski definition) is 9. The van der Waals surface area contributed by atoms with Gasteiger partial charge in [0.1, 0.15) is 30.6 Å². The van der Waals surface area contributed by atoms with Crippen LogP contribution < -0.4 is 15.1 Å². The van der Waals surface area contributed by atoms with E-state index < -0.39 is 0 Å². The van der Waals surface area contributed by atoms with Crippen LogP contribution in [0.1, 0.15) is 5.56 Å². The minimum atomic E-state index is -0.0645. The predicted octanol–water partition coefficient (Wildman–Crippen LogP) is 0.0415. The summed E-state index contributed by atoms with van der Waals surface area (Å²) < 4.78 is 6.95. The van der Waals surface area contributed by atoms with Crippen LogP contribution in [0.15, 0.2) is 43.4 Å². The number of nitrogens with one attached hydrogen (secondary N) is 1. The largest absolute Gasteiger partial charge is 0.378 e. The van der Waals surface area contributed by atoms with Gasteiger partial charge in [-0.05, 0) is 11.6 Å². The van der Waals surface area contributed by atoms with Gasteiger partial charge in [-0.1, -0.05) is 6.07 Å². The molecule has 5 heterocycles. The topological polar surface area (TPSA) is 114 Å². The van der Waals surface area contributed by atoms with Crippen LogP contribution in [0.3, 0.4) is 0 Å². The van der Waals surface area contributed by atoms with Crippen molar-refractivity contribution in [3.8, 4) is 5.82 Å². The molecule has 0 aliphatic carbocycles. The molecule has 5 rings (SSSR count). The molecular weight excluding hydrogens is 398 g/mol. The monoisotopic (exact) mass is 421 g/mol. The Bertz CT molecular complexity index is 1010. The molecule has 0 atom stereocenters. The minimum Gasteiger partial charge on any atom is -0.378 e. The highest BCUT2D eigenvalue weighted by Gasteiger charge is 2.33. The molecule has 0 spiro atoms. The van der Waals surface area contributed by atoms with Gasteiger partial charge in [0.15, 0.2) is 5.82 Å². The second-order valence-corrected chi connectivity index (χ2v) is 7.52. The Morgan fingerprint density at radius 3 is 2.61 bits per heavy atom. The van der Waals surface area contributed by atoms with Crippen LogP contribution in [0.4, 0.5) is 11.6 Å². The number of ether oxygens (including phenoxy) is 1.